The van der Waals surface area contributed by atoms with E-state index < -0.39 is 0 Å². The lowest BCUT2D eigenvalue weighted by Crippen LogP contribution is -2.18. The highest BCUT2D eigenvalue weighted by Crippen LogP contribution is 2.30. The molecule has 0 amide bonds. The van der Waals surface area contributed by atoms with Crippen LogP contribution in [0.2, 0.25) is 0 Å². The molecular weight excluding hydrogens is 200 g/mol. The standard InChI is InChI=1S/C13H22N2O/c1-4-10(5-2)15-11-8-7-9-12(13(11)14)16-6-3/h7-10,15H,4-6,14H2,1-3H3. The van der Waals surface area contributed by atoms with Gasteiger partial charge in [0.1, 0.15) is 5.75 Å². The minimum atomic E-state index is 0.471. The summed E-state index contributed by atoms with van der Waals surface area (Å²) >= 11 is 0. The van der Waals surface area contributed by atoms with E-state index in [2.05, 4.69) is 19.2 Å². The number of para-hydroxylation sites is 1. The fourth-order valence-electron chi connectivity index (χ4n) is 1.66. The number of rotatable bonds is 6. The quantitative estimate of drug-likeness (QED) is 0.726. The molecule has 1 rings (SSSR count). The van der Waals surface area contributed by atoms with E-state index in [1.807, 2.05) is 25.1 Å². The Morgan fingerprint density at radius 1 is 1.25 bits per heavy atom. The molecular formula is C13H22N2O. The van der Waals surface area contributed by atoms with Gasteiger partial charge in [0, 0.05) is 6.04 Å². The summed E-state index contributed by atoms with van der Waals surface area (Å²) in [4.78, 5) is 0. The van der Waals surface area contributed by atoms with E-state index in [0.717, 1.165) is 24.3 Å². The molecule has 0 atom stereocenters. The lowest BCUT2D eigenvalue weighted by molar-refractivity contribution is 0.342. The predicted octanol–water partition coefficient (Wildman–Crippen LogP) is 3.27. The van der Waals surface area contributed by atoms with E-state index in [-0.39, 0.29) is 0 Å². The number of hydrogen-bond acceptors (Lipinski definition) is 3. The van der Waals surface area contributed by atoms with Gasteiger partial charge in [0.05, 0.1) is 18.0 Å². The summed E-state index contributed by atoms with van der Waals surface area (Å²) in [6.07, 6.45) is 2.18. The second-order valence-electron chi connectivity index (χ2n) is 3.81. The fraction of sp³-hybridized carbons (Fsp3) is 0.538. The van der Waals surface area contributed by atoms with Crippen molar-refractivity contribution in [2.45, 2.75) is 39.7 Å². The minimum Gasteiger partial charge on any atom is -0.492 e. The Balaban J connectivity index is 2.83. The van der Waals surface area contributed by atoms with E-state index in [4.69, 9.17) is 10.5 Å². The van der Waals surface area contributed by atoms with Crippen molar-refractivity contribution in [3.05, 3.63) is 18.2 Å². The summed E-state index contributed by atoms with van der Waals surface area (Å²) in [7, 11) is 0. The molecule has 16 heavy (non-hydrogen) atoms. The van der Waals surface area contributed by atoms with E-state index in [1.54, 1.807) is 0 Å². The average Bonchev–Trinajstić information content (AvgIpc) is 2.30. The van der Waals surface area contributed by atoms with Crippen LogP contribution in [0.4, 0.5) is 11.4 Å². The smallest absolute Gasteiger partial charge is 0.144 e. The maximum atomic E-state index is 6.04. The van der Waals surface area contributed by atoms with Gasteiger partial charge in [-0.05, 0) is 31.9 Å². The normalized spacial score (nSPS) is 10.5. The summed E-state index contributed by atoms with van der Waals surface area (Å²) in [5, 5.41) is 3.44. The zero-order valence-electron chi connectivity index (χ0n) is 10.4. The molecule has 3 N–H and O–H groups in total. The summed E-state index contributed by atoms with van der Waals surface area (Å²) in [5.74, 6) is 0.762. The summed E-state index contributed by atoms with van der Waals surface area (Å²) in [6.45, 7) is 6.94. The van der Waals surface area contributed by atoms with Crippen LogP contribution in [0.5, 0.6) is 5.75 Å². The molecule has 1 aromatic rings. The van der Waals surface area contributed by atoms with E-state index >= 15 is 0 Å². The Kier molecular flexibility index (Phi) is 4.96. The predicted molar refractivity (Wildman–Crippen MR) is 70.0 cm³/mol. The van der Waals surface area contributed by atoms with Gasteiger partial charge in [-0.25, -0.2) is 0 Å². The van der Waals surface area contributed by atoms with Crippen molar-refractivity contribution in [3.8, 4) is 5.75 Å². The van der Waals surface area contributed by atoms with Gasteiger partial charge in [-0.1, -0.05) is 19.9 Å². The monoisotopic (exact) mass is 222 g/mol. The molecule has 0 aliphatic rings. The highest BCUT2D eigenvalue weighted by molar-refractivity contribution is 5.73. The van der Waals surface area contributed by atoms with Gasteiger partial charge in [-0.2, -0.15) is 0 Å². The Morgan fingerprint density at radius 2 is 1.94 bits per heavy atom. The van der Waals surface area contributed by atoms with Crippen molar-refractivity contribution in [2.24, 2.45) is 0 Å². The number of anilines is 2. The fourth-order valence-corrected chi connectivity index (χ4v) is 1.66. The SMILES string of the molecule is CCOc1cccc(NC(CC)CC)c1N. The minimum absolute atomic E-state index is 0.471. The van der Waals surface area contributed by atoms with Gasteiger partial charge in [-0.3, -0.25) is 0 Å². The summed E-state index contributed by atoms with van der Waals surface area (Å²) in [5.41, 5.74) is 7.72. The highest BCUT2D eigenvalue weighted by Gasteiger charge is 2.08. The van der Waals surface area contributed by atoms with Gasteiger partial charge < -0.3 is 15.8 Å². The first-order chi connectivity index (χ1) is 7.72. The zero-order valence-corrected chi connectivity index (χ0v) is 10.4. The Bertz CT molecular complexity index is 322. The van der Waals surface area contributed by atoms with Crippen LogP contribution in [0.15, 0.2) is 18.2 Å². The number of ether oxygens (including phenoxy) is 1. The lowest BCUT2D eigenvalue weighted by Gasteiger charge is -2.19. The van der Waals surface area contributed by atoms with Crippen molar-refractivity contribution in [3.63, 3.8) is 0 Å². The molecule has 0 radical (unpaired) electrons. The van der Waals surface area contributed by atoms with Gasteiger partial charge in [0.15, 0.2) is 0 Å². The van der Waals surface area contributed by atoms with Crippen molar-refractivity contribution in [1.82, 2.24) is 0 Å². The molecule has 3 nitrogen and oxygen atoms in total. The largest absolute Gasteiger partial charge is 0.492 e. The van der Waals surface area contributed by atoms with Gasteiger partial charge in [-0.15, -0.1) is 0 Å². The average molecular weight is 222 g/mol. The molecule has 1 aromatic carbocycles. The molecule has 0 aromatic heterocycles. The summed E-state index contributed by atoms with van der Waals surface area (Å²) in [6, 6.07) is 6.33. The van der Waals surface area contributed by atoms with Gasteiger partial charge in [0.2, 0.25) is 0 Å². The maximum Gasteiger partial charge on any atom is 0.144 e. The third-order valence-corrected chi connectivity index (χ3v) is 2.71. The third-order valence-electron chi connectivity index (χ3n) is 2.71. The van der Waals surface area contributed by atoms with Crippen LogP contribution in [0.25, 0.3) is 0 Å². The lowest BCUT2D eigenvalue weighted by atomic mass is 10.1. The van der Waals surface area contributed by atoms with Crippen molar-refractivity contribution >= 4 is 11.4 Å². The molecule has 0 saturated carbocycles. The molecule has 0 unspecified atom stereocenters. The molecule has 0 aliphatic heterocycles. The van der Waals surface area contributed by atoms with Crippen LogP contribution in [0.3, 0.4) is 0 Å². The summed E-state index contributed by atoms with van der Waals surface area (Å²) < 4.78 is 5.46. The first-order valence-electron chi connectivity index (χ1n) is 6.00. The first kappa shape index (κ1) is 12.7. The van der Waals surface area contributed by atoms with E-state index in [9.17, 15) is 0 Å². The third kappa shape index (κ3) is 3.05. The van der Waals surface area contributed by atoms with Crippen LogP contribution < -0.4 is 15.8 Å². The first-order valence-corrected chi connectivity index (χ1v) is 6.00. The van der Waals surface area contributed by atoms with Gasteiger partial charge in [0.25, 0.3) is 0 Å². The van der Waals surface area contributed by atoms with Crippen LogP contribution in [0.1, 0.15) is 33.6 Å². The number of nitrogen functional groups attached to an aromatic ring is 1. The maximum absolute atomic E-state index is 6.04. The van der Waals surface area contributed by atoms with Gasteiger partial charge >= 0.3 is 0 Å². The number of nitrogens with one attached hydrogen (secondary N) is 1. The highest BCUT2D eigenvalue weighted by atomic mass is 16.5. The molecule has 3 heteroatoms. The van der Waals surface area contributed by atoms with Crippen molar-refractivity contribution in [2.75, 3.05) is 17.7 Å². The van der Waals surface area contributed by atoms with E-state index in [0.29, 0.717) is 18.3 Å². The van der Waals surface area contributed by atoms with Crippen LogP contribution in [-0.4, -0.2) is 12.6 Å². The van der Waals surface area contributed by atoms with E-state index in [1.165, 1.54) is 0 Å². The van der Waals surface area contributed by atoms with Crippen LogP contribution in [-0.2, 0) is 0 Å². The van der Waals surface area contributed by atoms with Crippen molar-refractivity contribution in [1.29, 1.82) is 0 Å². The second-order valence-corrected chi connectivity index (χ2v) is 3.81. The number of nitrogens with two attached hydrogens (primary N) is 1. The molecule has 90 valence electrons. The molecule has 0 spiro atoms. The second kappa shape index (κ2) is 6.26. The van der Waals surface area contributed by atoms with Crippen molar-refractivity contribution < 1.29 is 4.74 Å². The Hall–Kier alpha value is -1.38. The Morgan fingerprint density at radius 3 is 2.50 bits per heavy atom. The Labute approximate surface area is 98.0 Å². The zero-order chi connectivity index (χ0) is 12.0. The van der Waals surface area contributed by atoms with Crippen LogP contribution in [0, 0.1) is 0 Å². The number of benzene rings is 1. The molecule has 0 fully saturated rings. The van der Waals surface area contributed by atoms with Crippen LogP contribution >= 0.6 is 0 Å². The number of hydrogen-bond donors (Lipinski definition) is 2. The molecule has 0 bridgehead atoms. The molecule has 0 aliphatic carbocycles. The molecule has 0 heterocycles. The molecule has 0 saturated heterocycles. The topological polar surface area (TPSA) is 47.3 Å².